The van der Waals surface area contributed by atoms with E-state index < -0.39 is 0 Å². The van der Waals surface area contributed by atoms with Gasteiger partial charge in [0.05, 0.1) is 6.54 Å². The molecule has 4 nitrogen and oxygen atoms in total. The number of likely N-dealkylation sites (N-methyl/N-ethyl adjacent to an activating group) is 1. The lowest BCUT2D eigenvalue weighted by Crippen LogP contribution is -2.42. The molecular formula is C11H21ClN4. The number of halogens is 1. The van der Waals surface area contributed by atoms with E-state index in [0.717, 1.165) is 13.1 Å². The molecule has 0 aromatic carbocycles. The molecule has 1 saturated heterocycles. The Morgan fingerprint density at radius 2 is 2.44 bits per heavy atom. The maximum Gasteiger partial charge on any atom is 0.189 e. The fourth-order valence-corrected chi connectivity index (χ4v) is 2.05. The normalized spacial score (nSPS) is 22.4. The third-order valence-electron chi connectivity index (χ3n) is 2.85. The van der Waals surface area contributed by atoms with E-state index in [4.69, 9.17) is 17.3 Å². The number of nitrogens with two attached hydrogens (primary N) is 1. The average molecular weight is 245 g/mol. The molecule has 0 aliphatic carbocycles. The van der Waals surface area contributed by atoms with Gasteiger partial charge < -0.3 is 11.1 Å². The SMILES string of the molecule is C=C(Cl)CN=C(N)NCC1CCCN1CC. The third kappa shape index (κ3) is 4.41. The highest BCUT2D eigenvalue weighted by Crippen LogP contribution is 2.15. The summed E-state index contributed by atoms with van der Waals surface area (Å²) in [6.07, 6.45) is 2.51. The Morgan fingerprint density at radius 1 is 1.69 bits per heavy atom. The van der Waals surface area contributed by atoms with Crippen molar-refractivity contribution in [2.24, 2.45) is 10.7 Å². The number of hydrogen-bond acceptors (Lipinski definition) is 2. The van der Waals surface area contributed by atoms with E-state index in [1.807, 2.05) is 0 Å². The molecule has 1 aliphatic rings. The van der Waals surface area contributed by atoms with Gasteiger partial charge in [-0.2, -0.15) is 0 Å². The average Bonchev–Trinajstić information content (AvgIpc) is 2.70. The maximum atomic E-state index is 5.71. The van der Waals surface area contributed by atoms with E-state index >= 15 is 0 Å². The molecule has 0 radical (unpaired) electrons. The van der Waals surface area contributed by atoms with Crippen LogP contribution in [0.2, 0.25) is 0 Å². The minimum absolute atomic E-state index is 0.378. The molecule has 1 unspecified atom stereocenters. The monoisotopic (exact) mass is 244 g/mol. The van der Waals surface area contributed by atoms with Crippen LogP contribution in [0.3, 0.4) is 0 Å². The van der Waals surface area contributed by atoms with Crippen LogP contribution in [0.4, 0.5) is 0 Å². The van der Waals surface area contributed by atoms with Crippen LogP contribution in [0.1, 0.15) is 19.8 Å². The Kier molecular flexibility index (Phi) is 5.63. The van der Waals surface area contributed by atoms with Crippen molar-refractivity contribution in [2.45, 2.75) is 25.8 Å². The van der Waals surface area contributed by atoms with Crippen LogP contribution in [-0.2, 0) is 0 Å². The fraction of sp³-hybridized carbons (Fsp3) is 0.727. The van der Waals surface area contributed by atoms with Crippen molar-refractivity contribution in [3.63, 3.8) is 0 Å². The zero-order valence-electron chi connectivity index (χ0n) is 9.88. The molecule has 0 aromatic heterocycles. The van der Waals surface area contributed by atoms with E-state index in [1.165, 1.54) is 19.4 Å². The van der Waals surface area contributed by atoms with Crippen LogP contribution >= 0.6 is 11.6 Å². The molecule has 1 atom stereocenters. The van der Waals surface area contributed by atoms with Crippen molar-refractivity contribution in [3.05, 3.63) is 11.6 Å². The zero-order chi connectivity index (χ0) is 12.0. The number of hydrogen-bond donors (Lipinski definition) is 2. The van der Waals surface area contributed by atoms with Gasteiger partial charge in [0.25, 0.3) is 0 Å². The largest absolute Gasteiger partial charge is 0.370 e. The number of aliphatic imine (C=N–C) groups is 1. The molecule has 0 amide bonds. The summed E-state index contributed by atoms with van der Waals surface area (Å²) in [7, 11) is 0. The molecule has 92 valence electrons. The summed E-state index contributed by atoms with van der Waals surface area (Å²) in [5, 5.41) is 3.63. The second-order valence-corrected chi connectivity index (χ2v) is 4.56. The summed E-state index contributed by atoms with van der Waals surface area (Å²) in [6, 6.07) is 0.581. The summed E-state index contributed by atoms with van der Waals surface area (Å²) < 4.78 is 0. The number of guanidine groups is 1. The second-order valence-electron chi connectivity index (χ2n) is 4.02. The first-order valence-corrected chi connectivity index (χ1v) is 6.12. The van der Waals surface area contributed by atoms with Gasteiger partial charge in [-0.3, -0.25) is 4.90 Å². The van der Waals surface area contributed by atoms with E-state index in [-0.39, 0.29) is 0 Å². The zero-order valence-corrected chi connectivity index (χ0v) is 10.6. The van der Waals surface area contributed by atoms with E-state index in [0.29, 0.717) is 23.6 Å². The Hall–Kier alpha value is -0.740. The molecule has 0 aromatic rings. The minimum atomic E-state index is 0.378. The molecule has 0 saturated carbocycles. The molecule has 5 heteroatoms. The number of likely N-dealkylation sites (tertiary alicyclic amines) is 1. The first-order valence-electron chi connectivity index (χ1n) is 5.74. The highest BCUT2D eigenvalue weighted by Gasteiger charge is 2.22. The van der Waals surface area contributed by atoms with Crippen LogP contribution in [0.15, 0.2) is 16.6 Å². The maximum absolute atomic E-state index is 5.71. The molecular weight excluding hydrogens is 224 g/mol. The molecule has 0 bridgehead atoms. The van der Waals surface area contributed by atoms with Gasteiger partial charge >= 0.3 is 0 Å². The standard InChI is InChI=1S/C11H21ClN4/c1-3-16-6-4-5-10(16)8-15-11(13)14-7-9(2)12/h10H,2-8H2,1H3,(H3,13,14,15). The number of nitrogens with zero attached hydrogens (tertiary/aromatic N) is 2. The van der Waals surface area contributed by atoms with Gasteiger partial charge in [0, 0.05) is 17.6 Å². The lowest BCUT2D eigenvalue weighted by atomic mass is 10.2. The van der Waals surface area contributed by atoms with E-state index in [9.17, 15) is 0 Å². The minimum Gasteiger partial charge on any atom is -0.370 e. The topological polar surface area (TPSA) is 53.6 Å². The van der Waals surface area contributed by atoms with E-state index in [1.54, 1.807) is 0 Å². The summed E-state index contributed by atoms with van der Waals surface area (Å²) in [4.78, 5) is 6.53. The van der Waals surface area contributed by atoms with Crippen LogP contribution in [0.25, 0.3) is 0 Å². The van der Waals surface area contributed by atoms with Gasteiger partial charge in [0.1, 0.15) is 0 Å². The first kappa shape index (κ1) is 13.3. The van der Waals surface area contributed by atoms with Crippen molar-refractivity contribution >= 4 is 17.6 Å². The van der Waals surface area contributed by atoms with Crippen molar-refractivity contribution in [1.82, 2.24) is 10.2 Å². The van der Waals surface area contributed by atoms with Gasteiger partial charge in [-0.15, -0.1) is 0 Å². The van der Waals surface area contributed by atoms with Gasteiger partial charge in [-0.05, 0) is 25.9 Å². The lowest BCUT2D eigenvalue weighted by Gasteiger charge is -2.23. The van der Waals surface area contributed by atoms with E-state index in [2.05, 4.69) is 28.7 Å². The van der Waals surface area contributed by atoms with Gasteiger partial charge in [-0.25, -0.2) is 4.99 Å². The van der Waals surface area contributed by atoms with Gasteiger partial charge in [-0.1, -0.05) is 25.1 Å². The molecule has 0 spiro atoms. The van der Waals surface area contributed by atoms with Gasteiger partial charge in [0.2, 0.25) is 0 Å². The predicted molar refractivity (Wildman–Crippen MR) is 69.8 cm³/mol. The molecule has 1 aliphatic heterocycles. The Labute approximate surface area is 103 Å². The van der Waals surface area contributed by atoms with Crippen molar-refractivity contribution in [2.75, 3.05) is 26.2 Å². The van der Waals surface area contributed by atoms with Crippen molar-refractivity contribution in [1.29, 1.82) is 0 Å². The molecule has 1 heterocycles. The summed E-state index contributed by atoms with van der Waals surface area (Å²) in [5.74, 6) is 0.449. The second kappa shape index (κ2) is 6.76. The Balaban J connectivity index is 2.28. The lowest BCUT2D eigenvalue weighted by molar-refractivity contribution is 0.267. The number of nitrogens with one attached hydrogen (secondary N) is 1. The molecule has 1 fully saturated rings. The summed E-state index contributed by atoms with van der Waals surface area (Å²) in [6.45, 7) is 9.27. The molecule has 3 N–H and O–H groups in total. The van der Waals surface area contributed by atoms with Crippen LogP contribution < -0.4 is 11.1 Å². The third-order valence-corrected chi connectivity index (χ3v) is 2.96. The molecule has 16 heavy (non-hydrogen) atoms. The Bertz CT molecular complexity index is 265. The van der Waals surface area contributed by atoms with Crippen LogP contribution in [0.5, 0.6) is 0 Å². The summed E-state index contributed by atoms with van der Waals surface area (Å²) >= 11 is 5.60. The van der Waals surface area contributed by atoms with Crippen LogP contribution in [-0.4, -0.2) is 43.1 Å². The quantitative estimate of drug-likeness (QED) is 0.563. The van der Waals surface area contributed by atoms with Gasteiger partial charge in [0.15, 0.2) is 5.96 Å². The fourth-order valence-electron chi connectivity index (χ4n) is 1.99. The Morgan fingerprint density at radius 3 is 3.06 bits per heavy atom. The van der Waals surface area contributed by atoms with Crippen LogP contribution in [0, 0.1) is 0 Å². The predicted octanol–water partition coefficient (Wildman–Crippen LogP) is 1.13. The van der Waals surface area contributed by atoms with Crippen molar-refractivity contribution < 1.29 is 0 Å². The molecule has 1 rings (SSSR count). The highest BCUT2D eigenvalue weighted by atomic mass is 35.5. The summed E-state index contributed by atoms with van der Waals surface area (Å²) in [5.41, 5.74) is 5.71. The highest BCUT2D eigenvalue weighted by molar-refractivity contribution is 6.29. The first-order chi connectivity index (χ1) is 7.63. The van der Waals surface area contributed by atoms with Crippen molar-refractivity contribution in [3.8, 4) is 0 Å². The smallest absolute Gasteiger partial charge is 0.189 e. The number of rotatable bonds is 5.